The first-order valence-electron chi connectivity index (χ1n) is 12.3. The molecule has 0 aliphatic heterocycles. The van der Waals surface area contributed by atoms with Crippen molar-refractivity contribution in [3.05, 3.63) is 66.2 Å². The molecule has 4 N–H and O–H groups in total. The van der Waals surface area contributed by atoms with E-state index in [-0.39, 0.29) is 0 Å². The molecule has 3 aromatic heterocycles. The standard InChI is InChI=1S/C20H27N5O.C6H8O7/c1-16(2)20-22-11-18(12-23-20)13-25(14-19-6-5-17(3)26-19)9-4-8-24-10-7-21-15-24;7-3(8)1-6(13,5(11)12)2-4(9)10/h5-7,10-12,15-16H,4,8-9,13-14H2,1-3H3;13H,1-2H2,(H,7,8)(H,9,10)(H,11,12). The molecule has 0 radical (unpaired) electrons. The number of imidazole rings is 1. The maximum Gasteiger partial charge on any atom is 0.336 e. The van der Waals surface area contributed by atoms with Gasteiger partial charge in [0, 0.05) is 55.9 Å². The highest BCUT2D eigenvalue weighted by Crippen LogP contribution is 2.16. The van der Waals surface area contributed by atoms with Crippen LogP contribution in [0.2, 0.25) is 0 Å². The summed E-state index contributed by atoms with van der Waals surface area (Å²) in [5, 5.41) is 33.8. The third-order valence-electron chi connectivity index (χ3n) is 5.56. The minimum absolute atomic E-state index is 0.349. The van der Waals surface area contributed by atoms with Crippen LogP contribution in [0.3, 0.4) is 0 Å². The molecule has 0 saturated carbocycles. The van der Waals surface area contributed by atoms with Crippen LogP contribution in [0.25, 0.3) is 0 Å². The van der Waals surface area contributed by atoms with Gasteiger partial charge < -0.3 is 29.4 Å². The minimum atomic E-state index is -2.74. The van der Waals surface area contributed by atoms with Gasteiger partial charge in [0.1, 0.15) is 17.3 Å². The van der Waals surface area contributed by atoms with E-state index in [1.165, 1.54) is 0 Å². The molecular weight excluding hydrogens is 510 g/mol. The van der Waals surface area contributed by atoms with Gasteiger partial charge in [0.15, 0.2) is 5.60 Å². The summed E-state index contributed by atoms with van der Waals surface area (Å²) in [5.74, 6) is -1.84. The van der Waals surface area contributed by atoms with Crippen molar-refractivity contribution in [3.63, 3.8) is 0 Å². The fraction of sp³-hybridized carbons (Fsp3) is 0.462. The summed E-state index contributed by atoms with van der Waals surface area (Å²) < 4.78 is 7.87. The number of carboxylic acid groups (broad SMARTS) is 3. The molecular formula is C26H35N5O8. The van der Waals surface area contributed by atoms with E-state index in [9.17, 15) is 14.4 Å². The van der Waals surface area contributed by atoms with E-state index in [4.69, 9.17) is 24.8 Å². The molecule has 0 spiro atoms. The first kappa shape index (κ1) is 31.1. The van der Waals surface area contributed by atoms with Crippen molar-refractivity contribution < 1.29 is 39.2 Å². The fourth-order valence-corrected chi connectivity index (χ4v) is 3.62. The Labute approximate surface area is 225 Å². The number of aryl methyl sites for hydroxylation is 2. The average molecular weight is 546 g/mol. The number of nitrogens with zero attached hydrogens (tertiary/aromatic N) is 5. The molecule has 3 rings (SSSR count). The van der Waals surface area contributed by atoms with E-state index >= 15 is 0 Å². The summed E-state index contributed by atoms with van der Waals surface area (Å²) in [6, 6.07) is 4.07. The van der Waals surface area contributed by atoms with Gasteiger partial charge in [-0.25, -0.2) is 19.7 Å². The van der Waals surface area contributed by atoms with Gasteiger partial charge in [0.25, 0.3) is 0 Å². The molecule has 0 aromatic carbocycles. The van der Waals surface area contributed by atoms with Crippen LogP contribution in [0.15, 0.2) is 47.7 Å². The Kier molecular flexibility index (Phi) is 11.8. The molecule has 13 nitrogen and oxygen atoms in total. The molecule has 39 heavy (non-hydrogen) atoms. The number of carboxylic acids is 3. The van der Waals surface area contributed by atoms with Gasteiger partial charge in [-0.2, -0.15) is 0 Å². The van der Waals surface area contributed by atoms with Gasteiger partial charge in [-0.15, -0.1) is 0 Å². The largest absolute Gasteiger partial charge is 0.481 e. The highest BCUT2D eigenvalue weighted by molar-refractivity contribution is 5.88. The molecule has 212 valence electrons. The van der Waals surface area contributed by atoms with E-state index < -0.39 is 36.4 Å². The number of furan rings is 1. The van der Waals surface area contributed by atoms with Crippen LogP contribution in [0.5, 0.6) is 0 Å². The lowest BCUT2D eigenvalue weighted by molar-refractivity contribution is -0.170. The number of hydrogen-bond donors (Lipinski definition) is 4. The lowest BCUT2D eigenvalue weighted by Crippen LogP contribution is -2.42. The van der Waals surface area contributed by atoms with Gasteiger partial charge in [-0.3, -0.25) is 14.5 Å². The number of aliphatic carboxylic acids is 3. The number of hydrogen-bond acceptors (Lipinski definition) is 9. The Bertz CT molecular complexity index is 1180. The summed E-state index contributed by atoms with van der Waals surface area (Å²) >= 11 is 0. The second kappa shape index (κ2) is 14.7. The Morgan fingerprint density at radius 1 is 1.05 bits per heavy atom. The molecule has 0 amide bonds. The first-order chi connectivity index (χ1) is 18.4. The third-order valence-corrected chi connectivity index (χ3v) is 5.56. The smallest absolute Gasteiger partial charge is 0.336 e. The Morgan fingerprint density at radius 3 is 2.15 bits per heavy atom. The van der Waals surface area contributed by atoms with Crippen molar-refractivity contribution in [1.29, 1.82) is 0 Å². The highest BCUT2D eigenvalue weighted by atomic mass is 16.4. The summed E-state index contributed by atoms with van der Waals surface area (Å²) in [6.07, 6.45) is 8.32. The van der Waals surface area contributed by atoms with Crippen molar-refractivity contribution in [2.24, 2.45) is 0 Å². The van der Waals surface area contributed by atoms with Crippen molar-refractivity contribution in [2.45, 2.75) is 71.2 Å². The molecule has 13 heteroatoms. The van der Waals surface area contributed by atoms with Crippen LogP contribution < -0.4 is 0 Å². The number of aliphatic hydroxyl groups is 1. The molecule has 0 aliphatic carbocycles. The van der Waals surface area contributed by atoms with Crippen LogP contribution in [0.1, 0.15) is 61.9 Å². The van der Waals surface area contributed by atoms with E-state index in [0.717, 1.165) is 55.5 Å². The molecule has 3 aromatic rings. The highest BCUT2D eigenvalue weighted by Gasteiger charge is 2.40. The van der Waals surface area contributed by atoms with Crippen LogP contribution in [-0.4, -0.2) is 74.9 Å². The minimum Gasteiger partial charge on any atom is -0.481 e. The molecule has 0 fully saturated rings. The van der Waals surface area contributed by atoms with Gasteiger partial charge in [-0.05, 0) is 25.5 Å². The molecule has 0 saturated heterocycles. The topological polar surface area (TPSA) is 192 Å². The maximum atomic E-state index is 10.3. The average Bonchev–Trinajstić information content (AvgIpc) is 3.50. The number of rotatable bonds is 14. The molecule has 0 aliphatic rings. The van der Waals surface area contributed by atoms with E-state index in [1.54, 1.807) is 0 Å². The fourth-order valence-electron chi connectivity index (χ4n) is 3.62. The number of aromatic nitrogens is 4. The SMILES string of the molecule is Cc1ccc(CN(CCCn2ccnc2)Cc2cnc(C(C)C)nc2)o1.O=C(O)CC(O)(CC(=O)O)C(=O)O. The number of carbonyl (C=O) groups is 3. The summed E-state index contributed by atoms with van der Waals surface area (Å²) in [6.45, 7) is 9.70. The summed E-state index contributed by atoms with van der Waals surface area (Å²) in [5.41, 5.74) is -1.61. The van der Waals surface area contributed by atoms with Crippen LogP contribution >= 0.6 is 0 Å². The second-order valence-electron chi connectivity index (χ2n) is 9.46. The van der Waals surface area contributed by atoms with Crippen molar-refractivity contribution in [1.82, 2.24) is 24.4 Å². The zero-order valence-electron chi connectivity index (χ0n) is 22.2. The molecule has 0 unspecified atom stereocenters. The van der Waals surface area contributed by atoms with Crippen molar-refractivity contribution >= 4 is 17.9 Å². The van der Waals surface area contributed by atoms with Crippen LogP contribution in [-0.2, 0) is 34.0 Å². The lowest BCUT2D eigenvalue weighted by Gasteiger charge is -2.21. The quantitative estimate of drug-likeness (QED) is 0.232. The van der Waals surface area contributed by atoms with Crippen LogP contribution in [0, 0.1) is 6.92 Å². The molecule has 0 bridgehead atoms. The van der Waals surface area contributed by atoms with Gasteiger partial charge in [-0.1, -0.05) is 13.8 Å². The Balaban J connectivity index is 0.000000349. The van der Waals surface area contributed by atoms with Crippen molar-refractivity contribution in [3.8, 4) is 0 Å². The monoisotopic (exact) mass is 545 g/mol. The predicted octanol–water partition coefficient (Wildman–Crippen LogP) is 2.54. The molecule has 0 atom stereocenters. The zero-order valence-corrected chi connectivity index (χ0v) is 22.2. The Morgan fingerprint density at radius 2 is 1.69 bits per heavy atom. The van der Waals surface area contributed by atoms with Crippen molar-refractivity contribution in [2.75, 3.05) is 6.54 Å². The first-order valence-corrected chi connectivity index (χ1v) is 12.3. The Hall–Kier alpha value is -4.10. The van der Waals surface area contributed by atoms with Gasteiger partial charge in [0.2, 0.25) is 0 Å². The van der Waals surface area contributed by atoms with Gasteiger partial charge >= 0.3 is 17.9 Å². The second-order valence-corrected chi connectivity index (χ2v) is 9.46. The lowest BCUT2D eigenvalue weighted by atomic mass is 9.96. The van der Waals surface area contributed by atoms with Crippen LogP contribution in [0.4, 0.5) is 0 Å². The molecule has 3 heterocycles. The van der Waals surface area contributed by atoms with E-state index in [1.807, 2.05) is 44.1 Å². The summed E-state index contributed by atoms with van der Waals surface area (Å²) in [4.78, 5) is 45.9. The summed E-state index contributed by atoms with van der Waals surface area (Å²) in [7, 11) is 0. The zero-order chi connectivity index (χ0) is 29.0. The van der Waals surface area contributed by atoms with E-state index in [0.29, 0.717) is 5.92 Å². The van der Waals surface area contributed by atoms with E-state index in [2.05, 4.69) is 44.3 Å². The third kappa shape index (κ3) is 11.0. The normalized spacial score (nSPS) is 11.3. The maximum absolute atomic E-state index is 10.3. The predicted molar refractivity (Wildman–Crippen MR) is 138 cm³/mol. The van der Waals surface area contributed by atoms with Gasteiger partial charge in [0.05, 0.1) is 25.7 Å².